The fourth-order valence-corrected chi connectivity index (χ4v) is 5.84. The first-order valence-corrected chi connectivity index (χ1v) is 14.2. The molecule has 2 atom stereocenters. The summed E-state index contributed by atoms with van der Waals surface area (Å²) in [6.07, 6.45) is 1.47. The van der Waals surface area contributed by atoms with Gasteiger partial charge in [-0.15, -0.1) is 20.4 Å². The number of nitrogens with two attached hydrogens (primary N) is 2. The van der Waals surface area contributed by atoms with Crippen LogP contribution in [0.4, 0.5) is 10.3 Å². The lowest BCUT2D eigenvalue weighted by Crippen LogP contribution is -2.27. The number of carbonyl (C=O) groups excluding carboxylic acids is 2. The third-order valence-corrected chi connectivity index (χ3v) is 7.98. The molecule has 15 heteroatoms. The van der Waals surface area contributed by atoms with Gasteiger partial charge in [-0.05, 0) is 22.6 Å². The van der Waals surface area contributed by atoms with Crippen molar-refractivity contribution in [2.45, 2.75) is 32.4 Å². The van der Waals surface area contributed by atoms with Gasteiger partial charge in [0, 0.05) is 12.8 Å². The van der Waals surface area contributed by atoms with E-state index in [0.717, 1.165) is 45.5 Å². The van der Waals surface area contributed by atoms with Crippen molar-refractivity contribution in [1.82, 2.24) is 20.4 Å². The van der Waals surface area contributed by atoms with E-state index < -0.39 is 12.1 Å². The number of thioether (sulfide) groups is 1. The minimum absolute atomic E-state index is 0. The number of nitrogens with one attached hydrogen (secondary N) is 2. The van der Waals surface area contributed by atoms with Gasteiger partial charge in [0.25, 0.3) is 0 Å². The highest BCUT2D eigenvalue weighted by atomic mass is 32.2. The van der Waals surface area contributed by atoms with E-state index >= 15 is 0 Å². The van der Waals surface area contributed by atoms with Crippen LogP contribution in [0.5, 0.6) is 0 Å². The number of benzene rings is 2. The van der Waals surface area contributed by atoms with Crippen LogP contribution < -0.4 is 22.1 Å². The predicted octanol–water partition coefficient (Wildman–Crippen LogP) is 4.05. The van der Waals surface area contributed by atoms with Gasteiger partial charge in [-0.25, -0.2) is 0 Å². The molecule has 6 N–H and O–H groups in total. The third-order valence-electron chi connectivity index (χ3n) is 5.20. The molecule has 0 fully saturated rings. The van der Waals surface area contributed by atoms with Crippen LogP contribution in [0, 0.1) is 0 Å². The molecule has 4 rings (SSSR count). The monoisotopic (exact) mass is 638 g/mol. The number of aryl methyl sites for hydroxylation is 2. The molecule has 4 aromatic rings. The van der Waals surface area contributed by atoms with E-state index in [1.807, 2.05) is 60.7 Å². The summed E-state index contributed by atoms with van der Waals surface area (Å²) >= 11 is 4.44. The fraction of sp³-hybridized carbons (Fsp3) is 0.280. The summed E-state index contributed by atoms with van der Waals surface area (Å²) in [4.78, 5) is 24.7. The third kappa shape index (κ3) is 10.5. The van der Waals surface area contributed by atoms with E-state index in [1.165, 1.54) is 22.7 Å². The predicted molar refractivity (Wildman–Crippen MR) is 176 cm³/mol. The lowest BCUT2D eigenvalue weighted by Gasteiger charge is -2.10. The molecule has 0 saturated carbocycles. The van der Waals surface area contributed by atoms with Gasteiger partial charge in [0.05, 0.1) is 0 Å². The number of hydrogen-bond acceptors (Lipinski definition) is 11. The summed E-state index contributed by atoms with van der Waals surface area (Å²) in [5.74, 6) is 1.05. The maximum atomic E-state index is 12.4. The topological polar surface area (TPSA) is 162 Å². The van der Waals surface area contributed by atoms with Gasteiger partial charge in [0.2, 0.25) is 22.1 Å². The molecule has 2 amide bonds. The molecule has 216 valence electrons. The van der Waals surface area contributed by atoms with Crippen LogP contribution in [0.25, 0.3) is 0 Å². The summed E-state index contributed by atoms with van der Waals surface area (Å²) in [5, 5.41) is 24.4. The molecule has 0 unspecified atom stereocenters. The lowest BCUT2D eigenvalue weighted by molar-refractivity contribution is -0.118. The van der Waals surface area contributed by atoms with Crippen LogP contribution >= 0.6 is 61.4 Å². The van der Waals surface area contributed by atoms with Crippen LogP contribution in [-0.4, -0.2) is 43.7 Å². The summed E-state index contributed by atoms with van der Waals surface area (Å²) in [7, 11) is 0. The number of aromatic nitrogens is 4. The standard InChI is InChI=1S/C24H26N8O2S3.CH4.2H2S/c25-19(15-7-3-1-4-8-15)21(33)27-23-31-29-17(36-23)11-13-35-14-12-18-30-32-24(37-18)28-22(34)20(26)16-9-5-2-6-10-16;;;/h1-10,19-20H,11-14,25-26H2,(H,27,31,33)(H,28,32,34);1H4;2*1H2/t19-,20-;;;/m0.../s1. The first-order valence-electron chi connectivity index (χ1n) is 11.4. The zero-order chi connectivity index (χ0) is 26.0. The normalized spacial score (nSPS) is 11.7. The van der Waals surface area contributed by atoms with Crippen LogP contribution in [0.3, 0.4) is 0 Å². The second-order valence-corrected chi connectivity index (χ2v) is 11.2. The second-order valence-electron chi connectivity index (χ2n) is 7.87. The Balaban J connectivity index is 0.00000267. The lowest BCUT2D eigenvalue weighted by atomic mass is 10.1. The Morgan fingerprint density at radius 3 is 1.45 bits per heavy atom. The maximum absolute atomic E-state index is 12.4. The van der Waals surface area contributed by atoms with Crippen molar-refractivity contribution in [1.29, 1.82) is 0 Å². The zero-order valence-corrected chi connectivity index (χ0v) is 25.2. The van der Waals surface area contributed by atoms with Crippen molar-refractivity contribution >= 4 is 83.5 Å². The van der Waals surface area contributed by atoms with Crippen molar-refractivity contribution in [2.75, 3.05) is 22.1 Å². The number of rotatable bonds is 12. The van der Waals surface area contributed by atoms with Crippen LogP contribution in [-0.2, 0) is 22.4 Å². The molecule has 0 aliphatic carbocycles. The quantitative estimate of drug-likeness (QED) is 0.168. The smallest absolute Gasteiger partial charge is 0.247 e. The highest BCUT2D eigenvalue weighted by Crippen LogP contribution is 2.21. The van der Waals surface area contributed by atoms with E-state index in [4.69, 9.17) is 11.5 Å². The molecule has 0 radical (unpaired) electrons. The Kier molecular flexibility index (Phi) is 16.0. The van der Waals surface area contributed by atoms with Gasteiger partial charge < -0.3 is 11.5 Å². The Hall–Kier alpha value is -2.53. The molecule has 40 heavy (non-hydrogen) atoms. The van der Waals surface area contributed by atoms with Gasteiger partial charge in [-0.2, -0.15) is 38.8 Å². The van der Waals surface area contributed by atoms with Gasteiger partial charge in [0.1, 0.15) is 22.1 Å². The molecule has 10 nitrogen and oxygen atoms in total. The van der Waals surface area contributed by atoms with E-state index in [9.17, 15) is 9.59 Å². The summed E-state index contributed by atoms with van der Waals surface area (Å²) in [6, 6.07) is 16.8. The number of nitrogens with zero attached hydrogens (tertiary/aromatic N) is 4. The van der Waals surface area contributed by atoms with Crippen LogP contribution in [0.2, 0.25) is 0 Å². The van der Waals surface area contributed by atoms with Crippen LogP contribution in [0.1, 0.15) is 40.7 Å². The SMILES string of the molecule is C.N[C@H](C(=O)Nc1nnc(CCSCCc2nnc(NC(=O)[C@@H](N)c3ccccc3)s2)s1)c1ccccc1.S.S. The highest BCUT2D eigenvalue weighted by molar-refractivity contribution is 7.99. The molecule has 0 spiro atoms. The Morgan fingerprint density at radius 2 is 1.07 bits per heavy atom. The minimum atomic E-state index is -0.765. The van der Waals surface area contributed by atoms with Gasteiger partial charge >= 0.3 is 0 Å². The number of amides is 2. The molecule has 0 bridgehead atoms. The van der Waals surface area contributed by atoms with Crippen molar-refractivity contribution in [3.05, 3.63) is 81.8 Å². The number of carbonyl (C=O) groups is 2. The first kappa shape index (κ1) is 35.5. The number of hydrogen-bond donors (Lipinski definition) is 4. The van der Waals surface area contributed by atoms with Crippen molar-refractivity contribution in [3.8, 4) is 0 Å². The van der Waals surface area contributed by atoms with E-state index in [0.29, 0.717) is 10.3 Å². The first-order chi connectivity index (χ1) is 18.0. The minimum Gasteiger partial charge on any atom is -0.316 e. The van der Waals surface area contributed by atoms with Crippen molar-refractivity contribution in [2.24, 2.45) is 11.5 Å². The number of anilines is 2. The van der Waals surface area contributed by atoms with Gasteiger partial charge in [0.15, 0.2) is 0 Å². The van der Waals surface area contributed by atoms with Crippen molar-refractivity contribution in [3.63, 3.8) is 0 Å². The van der Waals surface area contributed by atoms with Crippen LogP contribution in [0.15, 0.2) is 60.7 Å². The summed E-state index contributed by atoms with van der Waals surface area (Å²) in [6.45, 7) is 0. The Bertz CT molecular complexity index is 1210. The Morgan fingerprint density at radius 1 is 0.700 bits per heavy atom. The molecule has 2 aromatic heterocycles. The molecule has 0 aliphatic rings. The molecule has 0 saturated heterocycles. The summed E-state index contributed by atoms with van der Waals surface area (Å²) < 4.78 is 0. The second kappa shape index (κ2) is 18.0. The fourth-order valence-electron chi connectivity index (χ4n) is 3.22. The largest absolute Gasteiger partial charge is 0.316 e. The molecule has 2 heterocycles. The zero-order valence-electron chi connectivity index (χ0n) is 20.7. The average molecular weight is 639 g/mol. The molecule has 0 aliphatic heterocycles. The maximum Gasteiger partial charge on any atom is 0.247 e. The Labute approximate surface area is 260 Å². The van der Waals surface area contributed by atoms with Gasteiger partial charge in [-0.3, -0.25) is 20.2 Å². The molecular formula is C25H34N8O2S5. The van der Waals surface area contributed by atoms with Crippen molar-refractivity contribution < 1.29 is 9.59 Å². The summed E-state index contributed by atoms with van der Waals surface area (Å²) in [5.41, 5.74) is 13.5. The van der Waals surface area contributed by atoms with E-state index in [2.05, 4.69) is 31.0 Å². The van der Waals surface area contributed by atoms with E-state index in [-0.39, 0.29) is 46.2 Å². The average Bonchev–Trinajstić information content (AvgIpc) is 3.57. The van der Waals surface area contributed by atoms with E-state index in [1.54, 1.807) is 11.8 Å². The molecule has 2 aromatic carbocycles. The highest BCUT2D eigenvalue weighted by Gasteiger charge is 2.18. The van der Waals surface area contributed by atoms with Gasteiger partial charge in [-0.1, -0.05) is 90.8 Å². The molecular weight excluding hydrogens is 605 g/mol.